The third kappa shape index (κ3) is 3.65. The molecular weight excluding hydrogens is 365 g/mol. The Bertz CT molecular complexity index is 445. The molecule has 0 atom stereocenters. The van der Waals surface area contributed by atoms with E-state index in [2.05, 4.69) is 18.8 Å². The normalized spacial score (nSPS) is 16.8. The number of aromatic nitrogens is 1. The number of nitrogens with zero attached hydrogens (tertiary/aromatic N) is 1. The van der Waals surface area contributed by atoms with Crippen LogP contribution in [-0.4, -0.2) is 28.4 Å². The van der Waals surface area contributed by atoms with E-state index >= 15 is 0 Å². The Morgan fingerprint density at radius 1 is 1.26 bits per heavy atom. The molecule has 0 unspecified atom stereocenters. The summed E-state index contributed by atoms with van der Waals surface area (Å²) in [6, 6.07) is 3.63. The van der Waals surface area contributed by atoms with Gasteiger partial charge in [0.25, 0.3) is 0 Å². The van der Waals surface area contributed by atoms with Gasteiger partial charge in [-0.2, -0.15) is 0 Å². The van der Waals surface area contributed by atoms with Crippen molar-refractivity contribution >= 4 is 32.3 Å². The standard InChI is InChI=1S/C6H5NO2S.2C4H9.Sn/c8-6(9)4-2-1-3-7-5(4)10;2*1-3-4-2;/h1-3H,(H,7,10)(H,8,9);2*1,3-4H2,2H3;/q;;;+2/p-2. The van der Waals surface area contributed by atoms with Gasteiger partial charge in [-0.3, -0.25) is 0 Å². The second-order valence-corrected chi connectivity index (χ2v) is 20.9. The molecule has 0 N–H and O–H groups in total. The van der Waals surface area contributed by atoms with Crippen LogP contribution in [0, 0.1) is 0 Å². The number of carbonyl (C=O) groups is 1. The number of rotatable bonds is 6. The van der Waals surface area contributed by atoms with Crippen molar-refractivity contribution in [1.29, 1.82) is 0 Å². The molecule has 1 aliphatic heterocycles. The summed E-state index contributed by atoms with van der Waals surface area (Å²) in [6.07, 6.45) is 6.45. The van der Waals surface area contributed by atoms with Crippen molar-refractivity contribution < 1.29 is 7.87 Å². The first-order chi connectivity index (χ1) is 9.21. The van der Waals surface area contributed by atoms with E-state index in [1.807, 2.05) is 15.0 Å². The van der Waals surface area contributed by atoms with Crippen LogP contribution in [0.4, 0.5) is 0 Å². The summed E-state index contributed by atoms with van der Waals surface area (Å²) in [5, 5.41) is 0.918. The summed E-state index contributed by atoms with van der Waals surface area (Å²) in [4.78, 5) is 16.6. The first-order valence-electron chi connectivity index (χ1n) is 7.08. The van der Waals surface area contributed by atoms with E-state index in [1.165, 1.54) is 12.8 Å². The molecule has 5 heteroatoms. The van der Waals surface area contributed by atoms with Crippen molar-refractivity contribution in [3.05, 3.63) is 23.9 Å². The molecule has 2 heterocycles. The van der Waals surface area contributed by atoms with Crippen molar-refractivity contribution in [3.63, 3.8) is 0 Å². The quantitative estimate of drug-likeness (QED) is 0.681. The van der Waals surface area contributed by atoms with E-state index < -0.39 is 17.4 Å². The number of fused-ring (bicyclic) bond motifs is 1. The molecular formula is C14H21NO2SSn. The average molecular weight is 386 g/mol. The SMILES string of the molecule is CCC[CH2][Sn]1([CH2]CCC)[O]C(=O)c2cccnc2[S]1. The molecule has 0 spiro atoms. The van der Waals surface area contributed by atoms with Crippen molar-refractivity contribution in [2.75, 3.05) is 0 Å². The van der Waals surface area contributed by atoms with Gasteiger partial charge in [-0.05, 0) is 0 Å². The molecule has 1 aliphatic rings. The van der Waals surface area contributed by atoms with Crippen LogP contribution in [0.3, 0.4) is 0 Å². The predicted molar refractivity (Wildman–Crippen MR) is 80.7 cm³/mol. The maximum absolute atomic E-state index is 12.2. The second kappa shape index (κ2) is 6.97. The van der Waals surface area contributed by atoms with Gasteiger partial charge in [-0.15, -0.1) is 0 Å². The van der Waals surface area contributed by atoms with Gasteiger partial charge in [0, 0.05) is 0 Å². The number of carbonyl (C=O) groups excluding carboxylic acids is 1. The zero-order valence-corrected chi connectivity index (χ0v) is 15.3. The summed E-state index contributed by atoms with van der Waals surface area (Å²) in [5.41, 5.74) is 0.660. The molecule has 0 saturated heterocycles. The molecule has 3 nitrogen and oxygen atoms in total. The summed E-state index contributed by atoms with van der Waals surface area (Å²) < 4.78 is 8.24. The van der Waals surface area contributed by atoms with Gasteiger partial charge >= 0.3 is 122 Å². The van der Waals surface area contributed by atoms with Crippen LogP contribution >= 0.6 is 8.95 Å². The third-order valence-corrected chi connectivity index (χ3v) is 20.4. The zero-order chi connectivity index (χ0) is 13.7. The number of hydrogen-bond acceptors (Lipinski definition) is 4. The molecule has 1 aromatic heterocycles. The average Bonchev–Trinajstić information content (AvgIpc) is 2.43. The second-order valence-electron chi connectivity index (χ2n) is 4.97. The van der Waals surface area contributed by atoms with Crippen LogP contribution in [0.5, 0.6) is 0 Å². The number of unbranched alkanes of at least 4 members (excludes halogenated alkanes) is 2. The van der Waals surface area contributed by atoms with Gasteiger partial charge in [0.1, 0.15) is 0 Å². The Morgan fingerprint density at radius 2 is 1.95 bits per heavy atom. The summed E-state index contributed by atoms with van der Waals surface area (Å²) in [6.45, 7) is 4.39. The van der Waals surface area contributed by atoms with Crippen LogP contribution in [0.25, 0.3) is 0 Å². The number of pyridine rings is 1. The summed E-state index contributed by atoms with van der Waals surface area (Å²) in [7, 11) is 1.84. The topological polar surface area (TPSA) is 39.2 Å². The van der Waals surface area contributed by atoms with Crippen LogP contribution in [0.2, 0.25) is 8.87 Å². The molecule has 0 bridgehead atoms. The molecule has 0 aromatic carbocycles. The molecule has 0 saturated carbocycles. The fourth-order valence-electron chi connectivity index (χ4n) is 2.27. The van der Waals surface area contributed by atoms with Crippen molar-refractivity contribution in [2.24, 2.45) is 0 Å². The third-order valence-electron chi connectivity index (χ3n) is 3.37. The Labute approximate surface area is 122 Å². The summed E-state index contributed by atoms with van der Waals surface area (Å²) >= 11 is -2.87. The van der Waals surface area contributed by atoms with Crippen molar-refractivity contribution in [3.8, 4) is 0 Å². The molecule has 0 radical (unpaired) electrons. The molecule has 1 aromatic rings. The van der Waals surface area contributed by atoms with Crippen LogP contribution in [-0.2, 0) is 3.07 Å². The van der Waals surface area contributed by atoms with Gasteiger partial charge in [-0.1, -0.05) is 0 Å². The maximum atomic E-state index is 12.2. The molecule has 0 amide bonds. The summed E-state index contributed by atoms with van der Waals surface area (Å²) in [5.74, 6) is -0.121. The van der Waals surface area contributed by atoms with Gasteiger partial charge in [0.15, 0.2) is 0 Å². The van der Waals surface area contributed by atoms with Gasteiger partial charge in [0.2, 0.25) is 0 Å². The molecule has 0 aliphatic carbocycles. The van der Waals surface area contributed by atoms with Crippen LogP contribution in [0.1, 0.15) is 49.9 Å². The monoisotopic (exact) mass is 387 g/mol. The Hall–Kier alpha value is -0.231. The molecule has 0 fully saturated rings. The molecule has 19 heavy (non-hydrogen) atoms. The fourth-order valence-corrected chi connectivity index (χ4v) is 19.9. The minimum atomic E-state index is -2.87. The predicted octanol–water partition coefficient (Wildman–Crippen LogP) is 4.39. The Morgan fingerprint density at radius 3 is 2.58 bits per heavy atom. The fraction of sp³-hybridized carbons (Fsp3) is 0.571. The Balaban J connectivity index is 2.23. The van der Waals surface area contributed by atoms with E-state index in [4.69, 9.17) is 3.07 Å². The van der Waals surface area contributed by atoms with Crippen molar-refractivity contribution in [2.45, 2.75) is 53.4 Å². The van der Waals surface area contributed by atoms with Gasteiger partial charge < -0.3 is 0 Å². The van der Waals surface area contributed by atoms with Crippen LogP contribution in [0.15, 0.2) is 23.4 Å². The Kier molecular flexibility index (Phi) is 5.56. The van der Waals surface area contributed by atoms with Crippen molar-refractivity contribution in [1.82, 2.24) is 4.98 Å². The number of hydrogen-bond donors (Lipinski definition) is 0. The molecule has 104 valence electrons. The molecule has 2 rings (SSSR count). The van der Waals surface area contributed by atoms with Crippen LogP contribution < -0.4 is 0 Å². The van der Waals surface area contributed by atoms with E-state index in [0.717, 1.165) is 26.7 Å². The zero-order valence-electron chi connectivity index (χ0n) is 11.6. The first kappa shape index (κ1) is 15.2. The minimum absolute atomic E-state index is 0.121. The van der Waals surface area contributed by atoms with E-state index in [0.29, 0.717) is 5.56 Å². The van der Waals surface area contributed by atoms with Gasteiger partial charge in [-0.25, -0.2) is 0 Å². The van der Waals surface area contributed by atoms with E-state index in [-0.39, 0.29) is 5.97 Å². The van der Waals surface area contributed by atoms with E-state index in [1.54, 1.807) is 12.3 Å². The van der Waals surface area contributed by atoms with Gasteiger partial charge in [0.05, 0.1) is 0 Å². The van der Waals surface area contributed by atoms with E-state index in [9.17, 15) is 4.79 Å². The first-order valence-corrected chi connectivity index (χ1v) is 16.6.